The van der Waals surface area contributed by atoms with Gasteiger partial charge < -0.3 is 0 Å². The van der Waals surface area contributed by atoms with E-state index in [2.05, 4.69) is 4.99 Å². The van der Waals surface area contributed by atoms with Crippen LogP contribution in [0.5, 0.6) is 0 Å². The van der Waals surface area contributed by atoms with Crippen molar-refractivity contribution in [3.05, 3.63) is 54.1 Å². The number of aliphatic imine (C=N–C) groups is 1. The Bertz CT molecular complexity index is 584. The first-order valence-corrected chi connectivity index (χ1v) is 4.83. The molecule has 0 aliphatic carbocycles. The Hall–Kier alpha value is -2.32. The van der Waals surface area contributed by atoms with Crippen molar-refractivity contribution in [3.63, 3.8) is 0 Å². The predicted molar refractivity (Wildman–Crippen MR) is 59.6 cm³/mol. The lowest BCUT2D eigenvalue weighted by atomic mass is 10.0. The van der Waals surface area contributed by atoms with E-state index in [4.69, 9.17) is 0 Å². The van der Waals surface area contributed by atoms with Gasteiger partial charge in [-0.25, -0.2) is 13.6 Å². The quantitative estimate of drug-likeness (QED) is 0.573. The highest BCUT2D eigenvalue weighted by atomic mass is 19.1. The SMILES string of the molecule is O=C=Nc1cccc(-c2cc(F)cc(F)c2)c1. The molecule has 0 atom stereocenters. The summed E-state index contributed by atoms with van der Waals surface area (Å²) in [5.41, 5.74) is 1.37. The van der Waals surface area contributed by atoms with E-state index in [-0.39, 0.29) is 0 Å². The first kappa shape index (κ1) is 11.2. The van der Waals surface area contributed by atoms with Crippen LogP contribution < -0.4 is 0 Å². The number of hydrogen-bond acceptors (Lipinski definition) is 2. The van der Waals surface area contributed by atoms with Crippen LogP contribution in [0.3, 0.4) is 0 Å². The van der Waals surface area contributed by atoms with Gasteiger partial charge in [-0.05, 0) is 35.4 Å². The van der Waals surface area contributed by atoms with E-state index < -0.39 is 11.6 Å². The second-order valence-corrected chi connectivity index (χ2v) is 3.41. The standard InChI is InChI=1S/C13H7F2NO/c14-11-4-10(5-12(15)7-11)9-2-1-3-13(6-9)16-8-17/h1-7H. The van der Waals surface area contributed by atoms with Crippen molar-refractivity contribution in [2.24, 2.45) is 4.99 Å². The number of isocyanates is 1. The first-order valence-electron chi connectivity index (χ1n) is 4.83. The molecular formula is C13H7F2NO. The number of nitrogens with zero attached hydrogens (tertiary/aromatic N) is 1. The molecule has 0 aliphatic heterocycles. The van der Waals surface area contributed by atoms with Gasteiger partial charge in [-0.3, -0.25) is 0 Å². The van der Waals surface area contributed by atoms with Gasteiger partial charge in [0.25, 0.3) is 0 Å². The third-order valence-electron chi connectivity index (χ3n) is 2.22. The Labute approximate surface area is 96.2 Å². The highest BCUT2D eigenvalue weighted by Gasteiger charge is 2.03. The average molecular weight is 231 g/mol. The fourth-order valence-corrected chi connectivity index (χ4v) is 1.53. The van der Waals surface area contributed by atoms with Gasteiger partial charge in [0.05, 0.1) is 5.69 Å². The third-order valence-corrected chi connectivity index (χ3v) is 2.22. The molecule has 0 bridgehead atoms. The molecule has 0 amide bonds. The van der Waals surface area contributed by atoms with Crippen LogP contribution in [-0.2, 0) is 4.79 Å². The first-order chi connectivity index (χ1) is 8.19. The Morgan fingerprint density at radius 2 is 1.65 bits per heavy atom. The van der Waals surface area contributed by atoms with Crippen molar-refractivity contribution in [3.8, 4) is 11.1 Å². The van der Waals surface area contributed by atoms with E-state index in [0.717, 1.165) is 6.07 Å². The van der Waals surface area contributed by atoms with Gasteiger partial charge in [0, 0.05) is 6.07 Å². The monoisotopic (exact) mass is 231 g/mol. The largest absolute Gasteiger partial charge is 0.240 e. The number of hydrogen-bond donors (Lipinski definition) is 0. The Morgan fingerprint density at radius 3 is 2.29 bits per heavy atom. The molecule has 84 valence electrons. The lowest BCUT2D eigenvalue weighted by Crippen LogP contribution is -1.83. The zero-order chi connectivity index (χ0) is 12.3. The molecule has 0 unspecified atom stereocenters. The van der Waals surface area contributed by atoms with E-state index >= 15 is 0 Å². The van der Waals surface area contributed by atoms with Crippen LogP contribution >= 0.6 is 0 Å². The van der Waals surface area contributed by atoms with Crippen LogP contribution in [0.2, 0.25) is 0 Å². The minimum Gasteiger partial charge on any atom is -0.211 e. The Morgan fingerprint density at radius 1 is 0.941 bits per heavy atom. The van der Waals surface area contributed by atoms with Crippen LogP contribution in [0.15, 0.2) is 47.5 Å². The maximum atomic E-state index is 13.0. The molecule has 0 N–H and O–H groups in total. The number of carbonyl (C=O) groups excluding carboxylic acids is 1. The number of halogens is 2. The molecule has 0 aliphatic rings. The fraction of sp³-hybridized carbons (Fsp3) is 0. The van der Waals surface area contributed by atoms with Crippen molar-refractivity contribution >= 4 is 11.8 Å². The van der Waals surface area contributed by atoms with Crippen LogP contribution in [0.1, 0.15) is 0 Å². The highest BCUT2D eigenvalue weighted by molar-refractivity contribution is 5.68. The second-order valence-electron chi connectivity index (χ2n) is 3.41. The Kier molecular flexibility index (Phi) is 3.08. The average Bonchev–Trinajstić information content (AvgIpc) is 2.28. The van der Waals surface area contributed by atoms with Crippen LogP contribution in [0, 0.1) is 11.6 Å². The second kappa shape index (κ2) is 4.68. The normalized spacial score (nSPS) is 9.76. The van der Waals surface area contributed by atoms with Crippen molar-refractivity contribution in [1.29, 1.82) is 0 Å². The number of benzene rings is 2. The topological polar surface area (TPSA) is 29.4 Å². The maximum Gasteiger partial charge on any atom is 0.240 e. The molecule has 0 heterocycles. The summed E-state index contributed by atoms with van der Waals surface area (Å²) in [6, 6.07) is 9.71. The Balaban J connectivity index is 2.52. The van der Waals surface area contributed by atoms with E-state index in [1.165, 1.54) is 18.2 Å². The van der Waals surface area contributed by atoms with E-state index in [1.807, 2.05) is 0 Å². The van der Waals surface area contributed by atoms with Crippen LogP contribution in [-0.4, -0.2) is 6.08 Å². The van der Waals surface area contributed by atoms with Gasteiger partial charge in [0.15, 0.2) is 0 Å². The van der Waals surface area contributed by atoms with E-state index in [1.54, 1.807) is 24.3 Å². The lowest BCUT2D eigenvalue weighted by Gasteiger charge is -2.03. The summed E-state index contributed by atoms with van der Waals surface area (Å²) < 4.78 is 26.1. The molecule has 0 saturated heterocycles. The number of rotatable bonds is 2. The smallest absolute Gasteiger partial charge is 0.211 e. The minimum atomic E-state index is -0.649. The van der Waals surface area contributed by atoms with Crippen molar-refractivity contribution < 1.29 is 13.6 Å². The van der Waals surface area contributed by atoms with Gasteiger partial charge in [0.2, 0.25) is 6.08 Å². The van der Waals surface area contributed by atoms with Gasteiger partial charge in [-0.15, -0.1) is 0 Å². The summed E-state index contributed by atoms with van der Waals surface area (Å²) in [5, 5.41) is 0. The third kappa shape index (κ3) is 2.62. The van der Waals surface area contributed by atoms with E-state index in [0.29, 0.717) is 16.8 Å². The molecule has 0 spiro atoms. The molecule has 0 radical (unpaired) electrons. The summed E-state index contributed by atoms with van der Waals surface area (Å²) >= 11 is 0. The summed E-state index contributed by atoms with van der Waals surface area (Å²) in [7, 11) is 0. The molecule has 4 heteroatoms. The van der Waals surface area contributed by atoms with Crippen molar-refractivity contribution in [2.45, 2.75) is 0 Å². The minimum absolute atomic E-state index is 0.391. The zero-order valence-electron chi connectivity index (χ0n) is 8.65. The van der Waals surface area contributed by atoms with Crippen LogP contribution in [0.4, 0.5) is 14.5 Å². The van der Waals surface area contributed by atoms with Gasteiger partial charge in [-0.2, -0.15) is 4.99 Å². The van der Waals surface area contributed by atoms with Crippen molar-refractivity contribution in [2.75, 3.05) is 0 Å². The predicted octanol–water partition coefficient (Wildman–Crippen LogP) is 3.60. The zero-order valence-corrected chi connectivity index (χ0v) is 8.65. The summed E-state index contributed by atoms with van der Waals surface area (Å²) in [4.78, 5) is 13.6. The van der Waals surface area contributed by atoms with E-state index in [9.17, 15) is 13.6 Å². The van der Waals surface area contributed by atoms with Gasteiger partial charge in [-0.1, -0.05) is 12.1 Å². The molecule has 2 nitrogen and oxygen atoms in total. The summed E-state index contributed by atoms with van der Waals surface area (Å²) in [6.07, 6.45) is 1.41. The fourth-order valence-electron chi connectivity index (χ4n) is 1.53. The molecule has 0 saturated carbocycles. The molecule has 2 rings (SSSR count). The van der Waals surface area contributed by atoms with Crippen LogP contribution in [0.25, 0.3) is 11.1 Å². The molecule has 0 aromatic heterocycles. The van der Waals surface area contributed by atoms with Gasteiger partial charge in [0.1, 0.15) is 11.6 Å². The summed E-state index contributed by atoms with van der Waals surface area (Å²) in [5.74, 6) is -1.30. The van der Waals surface area contributed by atoms with Crippen molar-refractivity contribution in [1.82, 2.24) is 0 Å². The molecule has 2 aromatic carbocycles. The highest BCUT2D eigenvalue weighted by Crippen LogP contribution is 2.25. The summed E-state index contributed by atoms with van der Waals surface area (Å²) in [6.45, 7) is 0. The lowest BCUT2D eigenvalue weighted by molar-refractivity contribution is 0.565. The maximum absolute atomic E-state index is 13.0. The molecule has 2 aromatic rings. The molecular weight excluding hydrogens is 224 g/mol. The van der Waals surface area contributed by atoms with Gasteiger partial charge >= 0.3 is 0 Å². The molecule has 0 fully saturated rings. The molecule has 17 heavy (non-hydrogen) atoms.